The smallest absolute Gasteiger partial charge is 0.222 e. The highest BCUT2D eigenvalue weighted by Gasteiger charge is 2.21. The molecule has 0 heterocycles. The number of unbranched alkanes of at least 4 members (excludes halogenated alkanes) is 16. The molecule has 0 radical (unpaired) electrons. The molecule has 3 atom stereocenters. The minimum absolute atomic E-state index is 0.0388. The zero-order chi connectivity index (χ0) is 29.1. The molecule has 5 heteroatoms. The zero-order valence-corrected chi connectivity index (χ0v) is 26.6. The standard InChI is InChI=1S/C34H69NO4/c1-29(2)23-19-15-11-7-5-9-13-17-21-25-31(37)27-34(39)35-32(28-36)33(38)26-22-18-14-10-6-8-12-16-20-24-30(3)4/h29-33,36-38H,5-28H2,1-4H3,(H,35,39). The molecule has 0 saturated carbocycles. The first kappa shape index (κ1) is 38.4. The Morgan fingerprint density at radius 1 is 0.538 bits per heavy atom. The van der Waals surface area contributed by atoms with E-state index in [4.69, 9.17) is 0 Å². The first-order valence-corrected chi connectivity index (χ1v) is 17.0. The minimum Gasteiger partial charge on any atom is -0.394 e. The van der Waals surface area contributed by atoms with Crippen LogP contribution >= 0.6 is 0 Å². The Morgan fingerprint density at radius 3 is 1.23 bits per heavy atom. The van der Waals surface area contributed by atoms with Crippen molar-refractivity contribution in [3.63, 3.8) is 0 Å². The van der Waals surface area contributed by atoms with Crippen molar-refractivity contribution in [3.8, 4) is 0 Å². The van der Waals surface area contributed by atoms with Gasteiger partial charge in [0.05, 0.1) is 31.3 Å². The van der Waals surface area contributed by atoms with E-state index in [9.17, 15) is 20.1 Å². The van der Waals surface area contributed by atoms with Crippen LogP contribution in [0.2, 0.25) is 0 Å². The summed E-state index contributed by atoms with van der Waals surface area (Å²) in [5.41, 5.74) is 0. The van der Waals surface area contributed by atoms with Crippen molar-refractivity contribution < 1.29 is 20.1 Å². The van der Waals surface area contributed by atoms with Crippen LogP contribution in [0, 0.1) is 11.8 Å². The van der Waals surface area contributed by atoms with E-state index in [1.54, 1.807) is 0 Å². The van der Waals surface area contributed by atoms with E-state index in [1.165, 1.54) is 103 Å². The van der Waals surface area contributed by atoms with E-state index < -0.39 is 18.2 Å². The average molecular weight is 556 g/mol. The molecule has 0 saturated heterocycles. The lowest BCUT2D eigenvalue weighted by Gasteiger charge is -2.23. The Bertz CT molecular complexity index is 525. The fraction of sp³-hybridized carbons (Fsp3) is 0.971. The topological polar surface area (TPSA) is 89.8 Å². The maximum atomic E-state index is 12.3. The Kier molecular flexibility index (Phi) is 27.1. The summed E-state index contributed by atoms with van der Waals surface area (Å²) >= 11 is 0. The molecule has 0 aliphatic rings. The van der Waals surface area contributed by atoms with Crippen molar-refractivity contribution in [3.05, 3.63) is 0 Å². The van der Waals surface area contributed by atoms with Gasteiger partial charge in [-0.2, -0.15) is 0 Å². The highest BCUT2D eigenvalue weighted by atomic mass is 16.3. The monoisotopic (exact) mass is 556 g/mol. The molecule has 0 bridgehead atoms. The lowest BCUT2D eigenvalue weighted by atomic mass is 10.0. The van der Waals surface area contributed by atoms with Gasteiger partial charge in [-0.3, -0.25) is 4.79 Å². The maximum Gasteiger partial charge on any atom is 0.222 e. The second-order valence-electron chi connectivity index (χ2n) is 13.1. The second-order valence-corrected chi connectivity index (χ2v) is 13.1. The van der Waals surface area contributed by atoms with Crippen molar-refractivity contribution >= 4 is 5.91 Å². The summed E-state index contributed by atoms with van der Waals surface area (Å²) in [6.45, 7) is 8.89. The lowest BCUT2D eigenvalue weighted by Crippen LogP contribution is -2.46. The van der Waals surface area contributed by atoms with Crippen LogP contribution in [0.25, 0.3) is 0 Å². The SMILES string of the molecule is CC(C)CCCCCCCCCCCC(O)CC(=O)NC(CO)C(O)CCCCCCCCCCCC(C)C. The summed E-state index contributed by atoms with van der Waals surface area (Å²) in [7, 11) is 0. The van der Waals surface area contributed by atoms with E-state index in [-0.39, 0.29) is 18.9 Å². The number of hydrogen-bond acceptors (Lipinski definition) is 4. The molecule has 0 aromatic rings. The Morgan fingerprint density at radius 2 is 0.872 bits per heavy atom. The third-order valence-corrected chi connectivity index (χ3v) is 8.03. The third-order valence-electron chi connectivity index (χ3n) is 8.03. The molecule has 234 valence electrons. The molecule has 39 heavy (non-hydrogen) atoms. The van der Waals surface area contributed by atoms with Gasteiger partial charge in [-0.25, -0.2) is 0 Å². The van der Waals surface area contributed by atoms with E-state index >= 15 is 0 Å². The zero-order valence-electron chi connectivity index (χ0n) is 26.6. The van der Waals surface area contributed by atoms with Crippen molar-refractivity contribution in [2.75, 3.05) is 6.61 Å². The van der Waals surface area contributed by atoms with Gasteiger partial charge in [-0.1, -0.05) is 156 Å². The predicted octanol–water partition coefficient (Wildman–Crippen LogP) is 8.47. The van der Waals surface area contributed by atoms with Gasteiger partial charge < -0.3 is 20.6 Å². The summed E-state index contributed by atoms with van der Waals surface area (Å²) in [4.78, 5) is 12.3. The fourth-order valence-corrected chi connectivity index (χ4v) is 5.36. The van der Waals surface area contributed by atoms with Gasteiger partial charge in [0.15, 0.2) is 0 Å². The highest BCUT2D eigenvalue weighted by Crippen LogP contribution is 2.16. The quantitative estimate of drug-likeness (QED) is 0.0697. The van der Waals surface area contributed by atoms with E-state index in [2.05, 4.69) is 33.0 Å². The molecule has 5 nitrogen and oxygen atoms in total. The number of aliphatic hydroxyl groups is 3. The van der Waals surface area contributed by atoms with Crippen molar-refractivity contribution in [2.24, 2.45) is 11.8 Å². The van der Waals surface area contributed by atoms with Crippen LogP contribution in [0.15, 0.2) is 0 Å². The second kappa shape index (κ2) is 27.5. The average Bonchev–Trinajstić information content (AvgIpc) is 2.88. The fourth-order valence-electron chi connectivity index (χ4n) is 5.36. The van der Waals surface area contributed by atoms with Gasteiger partial charge in [0.2, 0.25) is 5.91 Å². The summed E-state index contributed by atoms with van der Waals surface area (Å²) in [5.74, 6) is 1.35. The van der Waals surface area contributed by atoms with Gasteiger partial charge in [0.1, 0.15) is 0 Å². The predicted molar refractivity (Wildman–Crippen MR) is 167 cm³/mol. The van der Waals surface area contributed by atoms with Crippen LogP contribution in [0.3, 0.4) is 0 Å². The number of aliphatic hydroxyl groups excluding tert-OH is 3. The minimum atomic E-state index is -0.743. The summed E-state index contributed by atoms with van der Waals surface area (Å²) in [6.07, 6.45) is 24.8. The first-order valence-electron chi connectivity index (χ1n) is 17.0. The molecule has 0 fully saturated rings. The molecule has 0 aliphatic heterocycles. The molecule has 0 aromatic carbocycles. The van der Waals surface area contributed by atoms with E-state index in [0.29, 0.717) is 12.8 Å². The van der Waals surface area contributed by atoms with Crippen LogP contribution in [0.1, 0.15) is 175 Å². The van der Waals surface area contributed by atoms with Crippen LogP contribution in [0.4, 0.5) is 0 Å². The summed E-state index contributed by atoms with van der Waals surface area (Å²) < 4.78 is 0. The molecule has 1 amide bonds. The Balaban J connectivity index is 3.71. The molecule has 0 aliphatic carbocycles. The first-order chi connectivity index (χ1) is 18.8. The molecule has 0 rings (SSSR count). The molecular weight excluding hydrogens is 486 g/mol. The van der Waals surface area contributed by atoms with Gasteiger partial charge in [-0.15, -0.1) is 0 Å². The molecule has 3 unspecified atom stereocenters. The number of carbonyl (C=O) groups is 1. The normalized spacial score (nSPS) is 14.2. The van der Waals surface area contributed by atoms with Gasteiger partial charge in [0.25, 0.3) is 0 Å². The summed E-state index contributed by atoms with van der Waals surface area (Å²) in [5, 5.41) is 33.1. The number of nitrogens with one attached hydrogen (secondary N) is 1. The van der Waals surface area contributed by atoms with Gasteiger partial charge in [0, 0.05) is 0 Å². The van der Waals surface area contributed by atoms with Crippen LogP contribution < -0.4 is 5.32 Å². The molecule has 4 N–H and O–H groups in total. The van der Waals surface area contributed by atoms with E-state index in [1.807, 2.05) is 0 Å². The number of carbonyl (C=O) groups excluding carboxylic acids is 1. The Labute approximate surface area is 243 Å². The molecule has 0 aromatic heterocycles. The molecular formula is C34H69NO4. The van der Waals surface area contributed by atoms with E-state index in [0.717, 1.165) is 37.5 Å². The van der Waals surface area contributed by atoms with Crippen molar-refractivity contribution in [2.45, 2.75) is 194 Å². The summed E-state index contributed by atoms with van der Waals surface area (Å²) in [6, 6.07) is -0.652. The number of hydrogen-bond donors (Lipinski definition) is 4. The van der Waals surface area contributed by atoms with Crippen molar-refractivity contribution in [1.82, 2.24) is 5.32 Å². The van der Waals surface area contributed by atoms with Crippen LogP contribution in [-0.4, -0.2) is 46.1 Å². The number of rotatable bonds is 29. The maximum absolute atomic E-state index is 12.3. The van der Waals surface area contributed by atoms with Crippen molar-refractivity contribution in [1.29, 1.82) is 0 Å². The highest BCUT2D eigenvalue weighted by molar-refractivity contribution is 5.76. The van der Waals surface area contributed by atoms with Gasteiger partial charge in [-0.05, 0) is 24.7 Å². The number of amides is 1. The van der Waals surface area contributed by atoms with Crippen LogP contribution in [-0.2, 0) is 4.79 Å². The van der Waals surface area contributed by atoms with Gasteiger partial charge >= 0.3 is 0 Å². The van der Waals surface area contributed by atoms with Crippen LogP contribution in [0.5, 0.6) is 0 Å². The molecule has 0 spiro atoms. The lowest BCUT2D eigenvalue weighted by molar-refractivity contribution is -0.125. The third kappa shape index (κ3) is 27.3. The Hall–Kier alpha value is -0.650. The largest absolute Gasteiger partial charge is 0.394 e.